The normalized spacial score (nSPS) is 12.7. The van der Waals surface area contributed by atoms with Crippen LogP contribution in [0.4, 0.5) is 13.6 Å². The van der Waals surface area contributed by atoms with Gasteiger partial charge in [0.25, 0.3) is 0 Å². The summed E-state index contributed by atoms with van der Waals surface area (Å²) in [6.07, 6.45) is -0.219. The van der Waals surface area contributed by atoms with Crippen LogP contribution in [0, 0.1) is 11.6 Å². The van der Waals surface area contributed by atoms with Gasteiger partial charge in [-0.2, -0.15) is 0 Å². The molecular weight excluding hydrogens is 440 g/mol. The number of nitrogens with zero attached hydrogens (tertiary/aromatic N) is 1. The predicted molar refractivity (Wildman–Crippen MR) is 123 cm³/mol. The molecule has 1 aliphatic heterocycles. The summed E-state index contributed by atoms with van der Waals surface area (Å²) >= 11 is 0. The predicted octanol–water partition coefficient (Wildman–Crippen LogP) is 5.43. The molecule has 0 aromatic heterocycles. The first-order chi connectivity index (χ1) is 16.5. The highest BCUT2D eigenvalue weighted by Crippen LogP contribution is 2.34. The molecule has 5 nitrogen and oxygen atoms in total. The number of hydrogen-bond donors (Lipinski definition) is 0. The fourth-order valence-electron chi connectivity index (χ4n) is 4.12. The number of carbonyl (C=O) groups is 2. The molecule has 0 aliphatic carbocycles. The quantitative estimate of drug-likeness (QED) is 0.456. The molecule has 4 rings (SSSR count). The van der Waals surface area contributed by atoms with Crippen molar-refractivity contribution in [3.63, 3.8) is 0 Å². The van der Waals surface area contributed by atoms with Gasteiger partial charge in [-0.05, 0) is 59.4 Å². The lowest BCUT2D eigenvalue weighted by molar-refractivity contribution is -0.142. The van der Waals surface area contributed by atoms with Crippen molar-refractivity contribution in [1.29, 1.82) is 0 Å². The number of hydrogen-bond acceptors (Lipinski definition) is 4. The van der Waals surface area contributed by atoms with Gasteiger partial charge in [0, 0.05) is 18.7 Å². The highest BCUT2D eigenvalue weighted by molar-refractivity contribution is 5.76. The second kappa shape index (κ2) is 10.5. The van der Waals surface area contributed by atoms with Crippen LogP contribution in [0.5, 0.6) is 0 Å². The first-order valence-corrected chi connectivity index (χ1v) is 11.2. The fraction of sp³-hybridized carbons (Fsp3) is 0.259. The summed E-state index contributed by atoms with van der Waals surface area (Å²) in [5.74, 6) is -1.29. The summed E-state index contributed by atoms with van der Waals surface area (Å²) in [5, 5.41) is 0. The molecule has 0 bridgehead atoms. The SMILES string of the molecule is CCOC(=O)Cc1ccc(F)c(-c2ccc(F)c3c2CN(C(=O)OCc2ccccc2)CC3)c1. The van der Waals surface area contributed by atoms with E-state index in [1.807, 2.05) is 30.3 Å². The lowest BCUT2D eigenvalue weighted by Gasteiger charge is -2.30. The summed E-state index contributed by atoms with van der Waals surface area (Å²) < 4.78 is 39.9. The standard InChI is InChI=1S/C27H25F2NO4/c1-2-33-26(31)15-19-8-10-25(29)22(14-19)20-9-11-24(28)21-12-13-30(16-23(20)21)27(32)34-17-18-6-4-3-5-7-18/h3-11,14H,2,12-13,15-17H2,1H3. The maximum absolute atomic E-state index is 14.9. The van der Waals surface area contributed by atoms with E-state index in [0.717, 1.165) is 5.56 Å². The summed E-state index contributed by atoms with van der Waals surface area (Å²) in [6, 6.07) is 16.5. The Balaban J connectivity index is 1.59. The number of rotatable bonds is 6. The van der Waals surface area contributed by atoms with Crippen LogP contribution in [0.25, 0.3) is 11.1 Å². The first kappa shape index (κ1) is 23.4. The summed E-state index contributed by atoms with van der Waals surface area (Å²) in [6.45, 7) is 2.50. The minimum atomic E-state index is -0.513. The van der Waals surface area contributed by atoms with E-state index >= 15 is 0 Å². The molecule has 3 aromatic rings. The molecule has 0 spiro atoms. The Morgan fingerprint density at radius 1 is 0.882 bits per heavy atom. The lowest BCUT2D eigenvalue weighted by Crippen LogP contribution is -2.37. The van der Waals surface area contributed by atoms with E-state index in [0.29, 0.717) is 35.2 Å². The van der Waals surface area contributed by atoms with Crippen molar-refractivity contribution < 1.29 is 27.8 Å². The van der Waals surface area contributed by atoms with E-state index in [9.17, 15) is 18.4 Å². The van der Waals surface area contributed by atoms with E-state index in [-0.39, 0.29) is 37.6 Å². The second-order valence-corrected chi connectivity index (χ2v) is 8.06. The van der Waals surface area contributed by atoms with E-state index in [1.54, 1.807) is 13.0 Å². The number of ether oxygens (including phenoxy) is 2. The first-order valence-electron chi connectivity index (χ1n) is 11.2. The average Bonchev–Trinajstić information content (AvgIpc) is 2.85. The van der Waals surface area contributed by atoms with Gasteiger partial charge in [0.05, 0.1) is 13.0 Å². The van der Waals surface area contributed by atoms with Crippen molar-refractivity contribution >= 4 is 12.1 Å². The van der Waals surface area contributed by atoms with Gasteiger partial charge in [0.1, 0.15) is 18.2 Å². The Hall–Kier alpha value is -3.74. The van der Waals surface area contributed by atoms with Crippen molar-refractivity contribution in [3.8, 4) is 11.1 Å². The van der Waals surface area contributed by atoms with Gasteiger partial charge in [-0.15, -0.1) is 0 Å². The van der Waals surface area contributed by atoms with Crippen molar-refractivity contribution in [2.75, 3.05) is 13.2 Å². The second-order valence-electron chi connectivity index (χ2n) is 8.06. The van der Waals surface area contributed by atoms with E-state index in [1.165, 1.54) is 29.2 Å². The number of amides is 1. The maximum atomic E-state index is 14.9. The molecule has 1 amide bonds. The average molecular weight is 465 g/mol. The van der Waals surface area contributed by atoms with E-state index < -0.39 is 17.9 Å². The summed E-state index contributed by atoms with van der Waals surface area (Å²) in [5.41, 5.74) is 3.18. The van der Waals surface area contributed by atoms with Crippen molar-refractivity contribution in [1.82, 2.24) is 4.90 Å². The molecule has 0 atom stereocenters. The van der Waals surface area contributed by atoms with Gasteiger partial charge >= 0.3 is 12.1 Å². The number of halogens is 2. The molecule has 1 aliphatic rings. The monoisotopic (exact) mass is 465 g/mol. The highest BCUT2D eigenvalue weighted by atomic mass is 19.1. The molecule has 1 heterocycles. The molecule has 0 saturated carbocycles. The molecule has 0 saturated heterocycles. The molecule has 34 heavy (non-hydrogen) atoms. The van der Waals surface area contributed by atoms with E-state index in [2.05, 4.69) is 0 Å². The van der Waals surface area contributed by atoms with Gasteiger partial charge in [-0.3, -0.25) is 4.79 Å². The Kier molecular flexibility index (Phi) is 7.21. The van der Waals surface area contributed by atoms with Gasteiger partial charge < -0.3 is 14.4 Å². The topological polar surface area (TPSA) is 55.8 Å². The molecule has 176 valence electrons. The van der Waals surface area contributed by atoms with Gasteiger partial charge in [0.2, 0.25) is 0 Å². The van der Waals surface area contributed by atoms with Crippen LogP contribution in [0.2, 0.25) is 0 Å². The molecule has 0 unspecified atom stereocenters. The zero-order valence-corrected chi connectivity index (χ0v) is 18.9. The number of benzene rings is 3. The smallest absolute Gasteiger partial charge is 0.410 e. The van der Waals surface area contributed by atoms with Gasteiger partial charge in [-0.25, -0.2) is 13.6 Å². The van der Waals surface area contributed by atoms with Crippen LogP contribution in [0.1, 0.15) is 29.2 Å². The molecule has 0 N–H and O–H groups in total. The third kappa shape index (κ3) is 5.25. The Bertz CT molecular complexity index is 1200. The minimum absolute atomic E-state index is 0.00242. The Labute approximate surface area is 196 Å². The molecular formula is C27H25F2NO4. The van der Waals surface area contributed by atoms with Crippen LogP contribution in [0.15, 0.2) is 60.7 Å². The largest absolute Gasteiger partial charge is 0.466 e. The van der Waals surface area contributed by atoms with Crippen LogP contribution < -0.4 is 0 Å². The zero-order valence-electron chi connectivity index (χ0n) is 18.9. The number of carbonyl (C=O) groups excluding carboxylic acids is 2. The third-order valence-corrected chi connectivity index (χ3v) is 5.79. The molecule has 7 heteroatoms. The van der Waals surface area contributed by atoms with Crippen molar-refractivity contribution in [2.45, 2.75) is 32.9 Å². The molecule has 3 aromatic carbocycles. The van der Waals surface area contributed by atoms with Crippen LogP contribution in [0.3, 0.4) is 0 Å². The fourth-order valence-corrected chi connectivity index (χ4v) is 4.12. The highest BCUT2D eigenvalue weighted by Gasteiger charge is 2.27. The van der Waals surface area contributed by atoms with Crippen molar-refractivity contribution in [2.24, 2.45) is 0 Å². The van der Waals surface area contributed by atoms with Gasteiger partial charge in [-0.1, -0.05) is 42.5 Å². The van der Waals surface area contributed by atoms with Crippen LogP contribution >= 0.6 is 0 Å². The Morgan fingerprint density at radius 2 is 1.65 bits per heavy atom. The molecule has 0 radical (unpaired) electrons. The van der Waals surface area contributed by atoms with Crippen molar-refractivity contribution in [3.05, 3.63) is 94.6 Å². The lowest BCUT2D eigenvalue weighted by atomic mass is 9.89. The summed E-state index contributed by atoms with van der Waals surface area (Å²) in [4.78, 5) is 26.1. The number of fused-ring (bicyclic) bond motifs is 1. The van der Waals surface area contributed by atoms with Gasteiger partial charge in [0.15, 0.2) is 0 Å². The molecule has 0 fully saturated rings. The Morgan fingerprint density at radius 3 is 2.41 bits per heavy atom. The minimum Gasteiger partial charge on any atom is -0.466 e. The van der Waals surface area contributed by atoms with Crippen LogP contribution in [-0.2, 0) is 40.3 Å². The summed E-state index contributed by atoms with van der Waals surface area (Å²) in [7, 11) is 0. The maximum Gasteiger partial charge on any atom is 0.410 e. The van der Waals surface area contributed by atoms with E-state index in [4.69, 9.17) is 9.47 Å². The zero-order chi connectivity index (χ0) is 24.1. The third-order valence-electron chi connectivity index (χ3n) is 5.79. The van der Waals surface area contributed by atoms with Crippen LogP contribution in [-0.4, -0.2) is 30.1 Å². The number of esters is 1.